The molecule has 9 heteroatoms. The molecule has 2 aromatic heterocycles. The number of hydrogen-bond acceptors (Lipinski definition) is 7. The molecule has 2 aromatic carbocycles. The molecule has 1 N–H and O–H groups in total. The quantitative estimate of drug-likeness (QED) is 0.349. The van der Waals surface area contributed by atoms with Crippen molar-refractivity contribution in [3.63, 3.8) is 0 Å². The third-order valence-corrected chi connectivity index (χ3v) is 5.37. The van der Waals surface area contributed by atoms with Crippen LogP contribution < -0.4 is 10.1 Å². The molecule has 0 atom stereocenters. The van der Waals surface area contributed by atoms with Crippen LogP contribution in [0.4, 0.5) is 5.69 Å². The molecule has 0 aliphatic heterocycles. The van der Waals surface area contributed by atoms with Gasteiger partial charge >= 0.3 is 0 Å². The monoisotopic (exact) mass is 432 g/mol. The SMILES string of the molecule is COc1ccc(-n2nnc(C(=O)Nc3ccc(C)cc3)c2CSc2ncccn2)cc1. The van der Waals surface area contributed by atoms with E-state index in [1.165, 1.54) is 11.8 Å². The topological polar surface area (TPSA) is 94.8 Å². The van der Waals surface area contributed by atoms with Gasteiger partial charge in [0.25, 0.3) is 5.91 Å². The van der Waals surface area contributed by atoms with Crippen molar-refractivity contribution in [1.29, 1.82) is 0 Å². The zero-order valence-electron chi connectivity index (χ0n) is 17.0. The average Bonchev–Trinajstić information content (AvgIpc) is 3.24. The van der Waals surface area contributed by atoms with E-state index in [1.807, 2.05) is 55.5 Å². The van der Waals surface area contributed by atoms with E-state index in [9.17, 15) is 4.79 Å². The summed E-state index contributed by atoms with van der Waals surface area (Å²) in [6.45, 7) is 1.99. The third kappa shape index (κ3) is 4.89. The van der Waals surface area contributed by atoms with E-state index in [0.29, 0.717) is 22.3 Å². The van der Waals surface area contributed by atoms with Gasteiger partial charge in [0.15, 0.2) is 10.9 Å². The number of nitrogens with zero attached hydrogens (tertiary/aromatic N) is 5. The van der Waals surface area contributed by atoms with Crippen LogP contribution in [-0.4, -0.2) is 38.0 Å². The first-order chi connectivity index (χ1) is 15.1. The summed E-state index contributed by atoms with van der Waals surface area (Å²) in [6.07, 6.45) is 3.36. The van der Waals surface area contributed by atoms with E-state index < -0.39 is 0 Å². The maximum absolute atomic E-state index is 13.0. The Bertz CT molecular complexity index is 1160. The van der Waals surface area contributed by atoms with Gasteiger partial charge in [-0.25, -0.2) is 14.6 Å². The highest BCUT2D eigenvalue weighted by Gasteiger charge is 2.21. The summed E-state index contributed by atoms with van der Waals surface area (Å²) in [5, 5.41) is 11.9. The molecule has 4 aromatic rings. The van der Waals surface area contributed by atoms with Gasteiger partial charge in [0.2, 0.25) is 0 Å². The summed E-state index contributed by atoms with van der Waals surface area (Å²) < 4.78 is 6.88. The van der Waals surface area contributed by atoms with Crippen molar-refractivity contribution in [2.45, 2.75) is 17.8 Å². The van der Waals surface area contributed by atoms with Crippen LogP contribution in [0.1, 0.15) is 21.7 Å². The van der Waals surface area contributed by atoms with Gasteiger partial charge in [0.1, 0.15) is 5.75 Å². The lowest BCUT2D eigenvalue weighted by molar-refractivity contribution is 0.102. The molecule has 0 aliphatic rings. The second-order valence-electron chi connectivity index (χ2n) is 6.63. The molecule has 0 aliphatic carbocycles. The maximum atomic E-state index is 13.0. The zero-order chi connectivity index (χ0) is 21.6. The fraction of sp³-hybridized carbons (Fsp3) is 0.136. The second-order valence-corrected chi connectivity index (χ2v) is 7.58. The Balaban J connectivity index is 1.65. The van der Waals surface area contributed by atoms with Crippen LogP contribution in [0.2, 0.25) is 0 Å². The molecule has 0 spiro atoms. The summed E-state index contributed by atoms with van der Waals surface area (Å²) >= 11 is 1.41. The molecule has 1 amide bonds. The molecule has 0 bridgehead atoms. The molecule has 0 fully saturated rings. The van der Waals surface area contributed by atoms with Crippen LogP contribution >= 0.6 is 11.8 Å². The summed E-state index contributed by atoms with van der Waals surface area (Å²) in [7, 11) is 1.61. The number of carbonyl (C=O) groups is 1. The number of ether oxygens (including phenoxy) is 1. The van der Waals surface area contributed by atoms with Gasteiger partial charge in [0.05, 0.1) is 18.5 Å². The Kier molecular flexibility index (Phi) is 6.23. The third-order valence-electron chi connectivity index (χ3n) is 4.48. The molecule has 4 rings (SSSR count). The molecule has 8 nitrogen and oxygen atoms in total. The van der Waals surface area contributed by atoms with E-state index in [0.717, 1.165) is 17.0 Å². The summed E-state index contributed by atoms with van der Waals surface area (Å²) in [6, 6.07) is 16.7. The van der Waals surface area contributed by atoms with E-state index in [-0.39, 0.29) is 11.6 Å². The minimum Gasteiger partial charge on any atom is -0.497 e. The summed E-state index contributed by atoms with van der Waals surface area (Å²) in [5.41, 5.74) is 3.47. The minimum atomic E-state index is -0.326. The summed E-state index contributed by atoms with van der Waals surface area (Å²) in [5.74, 6) is 0.822. The van der Waals surface area contributed by atoms with Gasteiger partial charge in [-0.05, 0) is 49.4 Å². The highest BCUT2D eigenvalue weighted by molar-refractivity contribution is 7.98. The Hall–Kier alpha value is -3.72. The number of aromatic nitrogens is 5. The predicted octanol–water partition coefficient (Wildman–Crippen LogP) is 3.92. The highest BCUT2D eigenvalue weighted by atomic mass is 32.2. The van der Waals surface area contributed by atoms with Crippen molar-refractivity contribution in [3.05, 3.63) is 83.9 Å². The van der Waals surface area contributed by atoms with Crippen LogP contribution in [0.3, 0.4) is 0 Å². The number of thioether (sulfide) groups is 1. The Morgan fingerprint density at radius 1 is 1.06 bits per heavy atom. The first-order valence-electron chi connectivity index (χ1n) is 9.51. The molecule has 156 valence electrons. The fourth-order valence-corrected chi connectivity index (χ4v) is 3.65. The van der Waals surface area contributed by atoms with Crippen molar-refractivity contribution >= 4 is 23.4 Å². The van der Waals surface area contributed by atoms with Crippen LogP contribution in [0.15, 0.2) is 72.1 Å². The average molecular weight is 433 g/mol. The lowest BCUT2D eigenvalue weighted by atomic mass is 10.2. The van der Waals surface area contributed by atoms with Gasteiger partial charge in [-0.3, -0.25) is 4.79 Å². The Labute approximate surface area is 183 Å². The molecular formula is C22H20N6O2S. The van der Waals surface area contributed by atoms with E-state index in [2.05, 4.69) is 25.6 Å². The lowest BCUT2D eigenvalue weighted by Crippen LogP contribution is -2.15. The largest absolute Gasteiger partial charge is 0.497 e. The standard InChI is InChI=1S/C22H20N6O2S/c1-15-4-6-16(7-5-15)25-21(29)20-19(14-31-22-23-12-3-13-24-22)28(27-26-20)17-8-10-18(30-2)11-9-17/h3-13H,14H2,1-2H3,(H,25,29). The predicted molar refractivity (Wildman–Crippen MR) is 119 cm³/mol. The Morgan fingerprint density at radius 2 is 1.77 bits per heavy atom. The van der Waals surface area contributed by atoms with Crippen LogP contribution in [0.5, 0.6) is 5.75 Å². The van der Waals surface area contributed by atoms with Crippen LogP contribution in [0.25, 0.3) is 5.69 Å². The number of aryl methyl sites for hydroxylation is 1. The number of anilines is 1. The minimum absolute atomic E-state index is 0.250. The van der Waals surface area contributed by atoms with Crippen LogP contribution in [-0.2, 0) is 5.75 Å². The van der Waals surface area contributed by atoms with Gasteiger partial charge < -0.3 is 10.1 Å². The van der Waals surface area contributed by atoms with Crippen molar-refractivity contribution < 1.29 is 9.53 Å². The fourth-order valence-electron chi connectivity index (χ4n) is 2.86. The number of nitrogens with one attached hydrogen (secondary N) is 1. The van der Waals surface area contributed by atoms with Crippen molar-refractivity contribution in [1.82, 2.24) is 25.0 Å². The molecule has 2 heterocycles. The normalized spacial score (nSPS) is 10.6. The molecule has 0 saturated carbocycles. The highest BCUT2D eigenvalue weighted by Crippen LogP contribution is 2.24. The number of amides is 1. The van der Waals surface area contributed by atoms with Gasteiger partial charge in [-0.15, -0.1) is 5.10 Å². The van der Waals surface area contributed by atoms with Crippen LogP contribution in [0, 0.1) is 6.92 Å². The van der Waals surface area contributed by atoms with Gasteiger partial charge in [-0.2, -0.15) is 0 Å². The van der Waals surface area contributed by atoms with E-state index in [4.69, 9.17) is 4.74 Å². The van der Waals surface area contributed by atoms with Crippen molar-refractivity contribution in [2.75, 3.05) is 12.4 Å². The van der Waals surface area contributed by atoms with Crippen molar-refractivity contribution in [3.8, 4) is 11.4 Å². The number of methoxy groups -OCH3 is 1. The first-order valence-corrected chi connectivity index (χ1v) is 10.5. The van der Waals surface area contributed by atoms with Gasteiger partial charge in [0, 0.05) is 23.8 Å². The molecular weight excluding hydrogens is 412 g/mol. The second kappa shape index (κ2) is 9.40. The zero-order valence-corrected chi connectivity index (χ0v) is 17.8. The number of rotatable bonds is 7. The smallest absolute Gasteiger partial charge is 0.278 e. The number of hydrogen-bond donors (Lipinski definition) is 1. The first kappa shape index (κ1) is 20.5. The number of carbonyl (C=O) groups excluding carboxylic acids is 1. The number of benzene rings is 2. The molecule has 0 radical (unpaired) electrons. The van der Waals surface area contributed by atoms with E-state index >= 15 is 0 Å². The lowest BCUT2D eigenvalue weighted by Gasteiger charge is -2.09. The van der Waals surface area contributed by atoms with Crippen molar-refractivity contribution in [2.24, 2.45) is 0 Å². The Morgan fingerprint density at radius 3 is 2.45 bits per heavy atom. The molecule has 31 heavy (non-hydrogen) atoms. The summed E-state index contributed by atoms with van der Waals surface area (Å²) in [4.78, 5) is 21.5. The van der Waals surface area contributed by atoms with Gasteiger partial charge in [-0.1, -0.05) is 34.7 Å². The molecule has 0 saturated heterocycles. The maximum Gasteiger partial charge on any atom is 0.278 e. The van der Waals surface area contributed by atoms with E-state index in [1.54, 1.807) is 30.3 Å². The molecule has 0 unspecified atom stereocenters.